The molecule has 0 aliphatic heterocycles. The van der Waals surface area contributed by atoms with E-state index in [1.54, 1.807) is 0 Å². The minimum atomic E-state index is -0.833. The number of hydrogen-bond acceptors (Lipinski definition) is 3. The van der Waals surface area contributed by atoms with Crippen LogP contribution >= 0.6 is 0 Å². The molecule has 0 fully saturated rings. The van der Waals surface area contributed by atoms with Crippen molar-refractivity contribution < 1.29 is 29.7 Å². The Balaban J connectivity index is -0.000000189. The van der Waals surface area contributed by atoms with E-state index in [4.69, 9.17) is 29.7 Å². The van der Waals surface area contributed by atoms with Crippen molar-refractivity contribution in [3.05, 3.63) is 30.3 Å². The minimum absolute atomic E-state index is 0.833. The average molecular weight is 464 g/mol. The predicted octanol–water partition coefficient (Wildman–Crippen LogP) is 0.753. The molecule has 1 rings (SSSR count). The fraction of sp³-hybridized carbons (Fsp3) is 0.250. The number of benzene rings is 1. The number of aliphatic carboxylic acids is 3. The molecule has 0 saturated heterocycles. The SMILES string of the molecule is CC(=O)O.CC(=O)O.CC(=O)O.[Pb][c]1ccccc1. The first-order valence-electron chi connectivity index (χ1n) is 4.94. The zero-order valence-electron chi connectivity index (χ0n) is 11.0. The van der Waals surface area contributed by atoms with Crippen LogP contribution in [0.3, 0.4) is 0 Å². The van der Waals surface area contributed by atoms with Crippen LogP contribution < -0.4 is 3.12 Å². The van der Waals surface area contributed by atoms with Crippen LogP contribution in [0.2, 0.25) is 0 Å². The molecule has 7 heteroatoms. The van der Waals surface area contributed by atoms with E-state index in [2.05, 4.69) is 24.3 Å². The van der Waals surface area contributed by atoms with Crippen LogP contribution in [0.4, 0.5) is 0 Å². The van der Waals surface area contributed by atoms with Gasteiger partial charge in [0.25, 0.3) is 17.9 Å². The molecule has 0 atom stereocenters. The van der Waals surface area contributed by atoms with Crippen LogP contribution in [0.5, 0.6) is 0 Å². The summed E-state index contributed by atoms with van der Waals surface area (Å²) in [5.74, 6) is -2.50. The normalized spacial score (nSPS) is 7.16. The summed E-state index contributed by atoms with van der Waals surface area (Å²) in [6, 6.07) is 10.5. The van der Waals surface area contributed by atoms with Gasteiger partial charge in [-0.05, 0) is 0 Å². The second kappa shape index (κ2) is 16.6. The molecule has 0 amide bonds. The van der Waals surface area contributed by atoms with Crippen molar-refractivity contribution in [2.24, 2.45) is 0 Å². The molecule has 1 aromatic rings. The van der Waals surface area contributed by atoms with Crippen LogP contribution in [0, 0.1) is 0 Å². The summed E-state index contributed by atoms with van der Waals surface area (Å²) in [7, 11) is 0. The van der Waals surface area contributed by atoms with Crippen LogP contribution in [-0.2, 0) is 14.4 Å². The summed E-state index contributed by atoms with van der Waals surface area (Å²) in [6.45, 7) is 3.25. The van der Waals surface area contributed by atoms with Gasteiger partial charge in [-0.15, -0.1) is 0 Å². The zero-order valence-corrected chi connectivity index (χ0v) is 14.8. The Morgan fingerprint density at radius 2 is 1.00 bits per heavy atom. The van der Waals surface area contributed by atoms with E-state index in [-0.39, 0.29) is 0 Å². The average Bonchev–Trinajstić information content (AvgIpc) is 2.15. The molecule has 1 aromatic carbocycles. The molecular formula is C12H17O6Pb. The van der Waals surface area contributed by atoms with Crippen LogP contribution in [0.25, 0.3) is 0 Å². The van der Waals surface area contributed by atoms with Crippen LogP contribution in [-0.4, -0.2) is 59.0 Å². The van der Waals surface area contributed by atoms with E-state index in [0.29, 0.717) is 0 Å². The number of hydrogen-bond donors (Lipinski definition) is 3. The van der Waals surface area contributed by atoms with Crippen molar-refractivity contribution in [3.8, 4) is 0 Å². The first-order valence-corrected chi connectivity index (χ1v) is 6.89. The monoisotopic (exact) mass is 465 g/mol. The van der Waals surface area contributed by atoms with E-state index >= 15 is 0 Å². The van der Waals surface area contributed by atoms with Gasteiger partial charge in [-0.3, -0.25) is 14.4 Å². The quantitative estimate of drug-likeness (QED) is 0.489. The fourth-order valence-electron chi connectivity index (χ4n) is 0.438. The van der Waals surface area contributed by atoms with E-state index in [1.165, 1.54) is 28.9 Å². The Morgan fingerprint density at radius 1 is 0.789 bits per heavy atom. The number of carboxylic acid groups (broad SMARTS) is 3. The summed E-state index contributed by atoms with van der Waals surface area (Å²) in [4.78, 5) is 27.0. The summed E-state index contributed by atoms with van der Waals surface area (Å²) >= 11 is 1.17. The van der Waals surface area contributed by atoms with Crippen molar-refractivity contribution >= 4 is 46.8 Å². The third-order valence-electron chi connectivity index (χ3n) is 0.774. The van der Waals surface area contributed by atoms with Crippen molar-refractivity contribution in [2.45, 2.75) is 20.8 Å². The van der Waals surface area contributed by atoms with Crippen LogP contribution in [0.15, 0.2) is 30.3 Å². The Labute approximate surface area is 127 Å². The third-order valence-corrected chi connectivity index (χ3v) is 2.07. The van der Waals surface area contributed by atoms with Gasteiger partial charge < -0.3 is 15.3 Å². The second-order valence-electron chi connectivity index (χ2n) is 2.92. The van der Waals surface area contributed by atoms with E-state index < -0.39 is 17.9 Å². The molecule has 0 saturated carbocycles. The van der Waals surface area contributed by atoms with E-state index in [1.807, 2.05) is 6.07 Å². The van der Waals surface area contributed by atoms with Crippen molar-refractivity contribution in [1.29, 1.82) is 0 Å². The topological polar surface area (TPSA) is 112 Å². The molecular weight excluding hydrogens is 447 g/mol. The molecule has 0 aliphatic carbocycles. The molecule has 0 unspecified atom stereocenters. The van der Waals surface area contributed by atoms with Crippen LogP contribution in [0.1, 0.15) is 20.8 Å². The summed E-state index contributed by atoms with van der Waals surface area (Å²) < 4.78 is 1.46. The Morgan fingerprint density at radius 3 is 1.11 bits per heavy atom. The number of carboxylic acids is 3. The van der Waals surface area contributed by atoms with Gasteiger partial charge in [0.05, 0.1) is 0 Å². The van der Waals surface area contributed by atoms with Gasteiger partial charge in [0.15, 0.2) is 0 Å². The molecule has 0 spiro atoms. The molecule has 3 radical (unpaired) electrons. The van der Waals surface area contributed by atoms with Crippen molar-refractivity contribution in [2.75, 3.05) is 0 Å². The molecule has 0 aromatic heterocycles. The fourth-order valence-corrected chi connectivity index (χ4v) is 1.19. The first kappa shape index (κ1) is 22.7. The Kier molecular flexibility index (Phi) is 19.8. The van der Waals surface area contributed by atoms with Gasteiger partial charge in [0.2, 0.25) is 0 Å². The van der Waals surface area contributed by atoms with Crippen molar-refractivity contribution in [3.63, 3.8) is 0 Å². The van der Waals surface area contributed by atoms with Gasteiger partial charge in [-0.25, -0.2) is 0 Å². The number of rotatable bonds is 0. The predicted molar refractivity (Wildman–Crippen MR) is 71.8 cm³/mol. The second-order valence-corrected chi connectivity index (χ2v) is 5.17. The van der Waals surface area contributed by atoms with E-state index in [9.17, 15) is 0 Å². The maximum atomic E-state index is 9.00. The molecule has 19 heavy (non-hydrogen) atoms. The Bertz CT molecular complexity index is 323. The summed E-state index contributed by atoms with van der Waals surface area (Å²) in [5, 5.41) is 22.2. The van der Waals surface area contributed by atoms with Gasteiger partial charge in [0.1, 0.15) is 0 Å². The molecule has 105 valence electrons. The standard InChI is InChI=1S/C6H5.3C2H4O2.Pb/c1-2-4-6-5-3-1;3*1-2(3)4;/h1-5H;3*1H3,(H,3,4);. The summed E-state index contributed by atoms with van der Waals surface area (Å²) in [6.07, 6.45) is 0. The first-order chi connectivity index (χ1) is 8.59. The van der Waals surface area contributed by atoms with Gasteiger partial charge >= 0.3 is 59.2 Å². The van der Waals surface area contributed by atoms with Crippen molar-refractivity contribution in [1.82, 2.24) is 0 Å². The van der Waals surface area contributed by atoms with Gasteiger partial charge in [-0.1, -0.05) is 0 Å². The van der Waals surface area contributed by atoms with Gasteiger partial charge in [0, 0.05) is 20.8 Å². The zero-order chi connectivity index (χ0) is 15.8. The molecule has 0 bridgehead atoms. The van der Waals surface area contributed by atoms with Gasteiger partial charge in [-0.2, -0.15) is 0 Å². The van der Waals surface area contributed by atoms with E-state index in [0.717, 1.165) is 20.8 Å². The third kappa shape index (κ3) is 81.6. The molecule has 0 heterocycles. The number of carbonyl (C=O) groups is 3. The molecule has 0 aliphatic rings. The Hall–Kier alpha value is -1.45. The molecule has 6 nitrogen and oxygen atoms in total. The maximum absolute atomic E-state index is 9.00. The summed E-state index contributed by atoms with van der Waals surface area (Å²) in [5.41, 5.74) is 0. The molecule has 3 N–H and O–H groups in total.